The molecule has 2 aliphatic heterocycles. The lowest BCUT2D eigenvalue weighted by molar-refractivity contribution is -0.119. The van der Waals surface area contributed by atoms with Gasteiger partial charge in [-0.25, -0.2) is 14.4 Å². The molecule has 3 heterocycles. The Morgan fingerprint density at radius 3 is 2.91 bits per heavy atom. The van der Waals surface area contributed by atoms with E-state index in [0.29, 0.717) is 43.9 Å². The van der Waals surface area contributed by atoms with Crippen LogP contribution >= 0.6 is 11.6 Å². The van der Waals surface area contributed by atoms with Crippen molar-refractivity contribution in [3.63, 3.8) is 0 Å². The van der Waals surface area contributed by atoms with E-state index < -0.39 is 5.67 Å². The molecule has 6 nitrogen and oxygen atoms in total. The van der Waals surface area contributed by atoms with E-state index in [-0.39, 0.29) is 23.0 Å². The second-order valence-electron chi connectivity index (χ2n) is 9.98. The minimum absolute atomic E-state index is 0.0238. The molecule has 3 aliphatic rings. The first-order chi connectivity index (χ1) is 16.9. The minimum Gasteiger partial charge on any atom is -0.381 e. The van der Waals surface area contributed by atoms with Crippen LogP contribution in [0.4, 0.5) is 10.2 Å². The topological polar surface area (TPSA) is 76.1 Å². The Morgan fingerprint density at radius 1 is 1.26 bits per heavy atom. The zero-order chi connectivity index (χ0) is 24.4. The lowest BCUT2D eigenvalue weighted by atomic mass is 9.88. The van der Waals surface area contributed by atoms with Crippen LogP contribution in [0.2, 0.25) is 5.28 Å². The van der Waals surface area contributed by atoms with Crippen LogP contribution in [0.25, 0.3) is 0 Å². The second-order valence-corrected chi connectivity index (χ2v) is 10.3. The Kier molecular flexibility index (Phi) is 7.19. The highest BCUT2D eigenvalue weighted by Gasteiger charge is 2.39. The molecule has 0 saturated carbocycles. The Balaban J connectivity index is 1.31. The molecule has 2 aromatic rings. The number of ether oxygens (including phenoxy) is 1. The molecule has 0 radical (unpaired) electrons. The number of hydrogen-bond acceptors (Lipinski definition) is 6. The number of hydrogen-bond donors (Lipinski definition) is 2. The zero-order valence-corrected chi connectivity index (χ0v) is 20.8. The molecular weight excluding hydrogens is 467 g/mol. The first-order valence-electron chi connectivity index (χ1n) is 12.5. The third kappa shape index (κ3) is 5.42. The molecule has 2 N–H and O–H groups in total. The maximum Gasteiger partial charge on any atom is 0.224 e. The molecule has 2 atom stereocenters. The third-order valence-electron chi connectivity index (χ3n) is 7.38. The summed E-state index contributed by atoms with van der Waals surface area (Å²) in [6, 6.07) is 7.54. The average Bonchev–Trinajstić information content (AvgIpc) is 3.19. The van der Waals surface area contributed by atoms with Crippen LogP contribution in [0.3, 0.4) is 0 Å². The van der Waals surface area contributed by atoms with E-state index in [1.165, 1.54) is 0 Å². The summed E-state index contributed by atoms with van der Waals surface area (Å²) in [5, 5.41) is 6.65. The van der Waals surface area contributed by atoms with Crippen molar-refractivity contribution in [2.24, 2.45) is 5.92 Å². The largest absolute Gasteiger partial charge is 0.381 e. The number of carbonyl (C=O) groups is 1. The van der Waals surface area contributed by atoms with Crippen molar-refractivity contribution < 1.29 is 13.9 Å². The summed E-state index contributed by atoms with van der Waals surface area (Å²) in [5.41, 5.74) is 3.24. The number of rotatable bonds is 6. The number of nitrogens with one attached hydrogen (secondary N) is 2. The van der Waals surface area contributed by atoms with Crippen molar-refractivity contribution in [3.8, 4) is 0 Å². The molecule has 1 aromatic heterocycles. The van der Waals surface area contributed by atoms with Crippen LogP contribution in [-0.2, 0) is 28.0 Å². The van der Waals surface area contributed by atoms with Crippen LogP contribution in [0.5, 0.6) is 0 Å². The van der Waals surface area contributed by atoms with Gasteiger partial charge in [-0.05, 0) is 61.4 Å². The first kappa shape index (κ1) is 24.3. The van der Waals surface area contributed by atoms with Gasteiger partial charge in [0, 0.05) is 50.2 Å². The molecule has 2 unspecified atom stereocenters. The number of carbonyl (C=O) groups excluding carboxylic acids is 1. The molecule has 186 valence electrons. The third-order valence-corrected chi connectivity index (χ3v) is 7.55. The summed E-state index contributed by atoms with van der Waals surface area (Å²) >= 11 is 6.26. The van der Waals surface area contributed by atoms with Gasteiger partial charge in [0.1, 0.15) is 5.82 Å². The zero-order valence-electron chi connectivity index (χ0n) is 20.1. The highest BCUT2D eigenvalue weighted by Crippen LogP contribution is 2.35. The molecule has 0 amide bonds. The number of halogens is 2. The standard InChI is InChI=1S/C27H32ClFN4O2/c1-17(20-6-4-7-21(14-20)27(29)15-30-16-27)31-25-22-11-18(12-23(22)32-26(28)33-25)13-24(34)19-5-2-3-9-35-10-8-19/h4,6-7,13-14,17,19,30H,2-3,5,8-12,15-16H2,1H3,(H,31,32,33)/b18-13+. The van der Waals surface area contributed by atoms with Crippen LogP contribution in [0.1, 0.15) is 61.0 Å². The Morgan fingerprint density at radius 2 is 2.11 bits per heavy atom. The summed E-state index contributed by atoms with van der Waals surface area (Å²) in [4.78, 5) is 21.9. The van der Waals surface area contributed by atoms with Gasteiger partial charge in [-0.2, -0.15) is 0 Å². The van der Waals surface area contributed by atoms with E-state index in [1.807, 2.05) is 37.3 Å². The van der Waals surface area contributed by atoms with E-state index >= 15 is 0 Å². The van der Waals surface area contributed by atoms with E-state index in [1.54, 1.807) is 0 Å². The highest BCUT2D eigenvalue weighted by molar-refractivity contribution is 6.28. The quantitative estimate of drug-likeness (QED) is 0.437. The number of allylic oxidation sites excluding steroid dienone is 2. The molecule has 0 bridgehead atoms. The summed E-state index contributed by atoms with van der Waals surface area (Å²) in [6.45, 7) is 4.15. The summed E-state index contributed by atoms with van der Waals surface area (Å²) in [5.74, 6) is 0.881. The number of nitrogens with zero attached hydrogens (tertiary/aromatic N) is 2. The Labute approximate surface area is 210 Å². The molecule has 35 heavy (non-hydrogen) atoms. The fourth-order valence-corrected chi connectivity index (χ4v) is 5.34. The van der Waals surface area contributed by atoms with Gasteiger partial charge in [0.15, 0.2) is 11.5 Å². The lowest BCUT2D eigenvalue weighted by Crippen LogP contribution is -2.53. The molecule has 1 aliphatic carbocycles. The van der Waals surface area contributed by atoms with Gasteiger partial charge in [0.2, 0.25) is 5.28 Å². The van der Waals surface area contributed by atoms with Crippen LogP contribution in [-0.4, -0.2) is 42.1 Å². The molecular formula is C27H32ClFN4O2. The predicted molar refractivity (Wildman–Crippen MR) is 134 cm³/mol. The fourth-order valence-electron chi connectivity index (χ4n) is 5.15. The smallest absolute Gasteiger partial charge is 0.224 e. The number of ketones is 1. The van der Waals surface area contributed by atoms with Gasteiger partial charge in [0.25, 0.3) is 0 Å². The van der Waals surface area contributed by atoms with Crippen molar-refractivity contribution in [2.45, 2.75) is 57.2 Å². The number of anilines is 1. The maximum atomic E-state index is 14.9. The molecule has 1 aromatic carbocycles. The number of fused-ring (bicyclic) bond motifs is 1. The molecule has 8 heteroatoms. The second kappa shape index (κ2) is 10.3. The first-order valence-corrected chi connectivity index (χ1v) is 12.9. The number of aromatic nitrogens is 2. The van der Waals surface area contributed by atoms with Gasteiger partial charge >= 0.3 is 0 Å². The van der Waals surface area contributed by atoms with Crippen LogP contribution in [0, 0.1) is 5.92 Å². The average molecular weight is 499 g/mol. The van der Waals surface area contributed by atoms with Crippen LogP contribution < -0.4 is 10.6 Å². The Hall–Kier alpha value is -2.35. The molecule has 2 fully saturated rings. The number of alkyl halides is 1. The Bertz CT molecular complexity index is 1130. The van der Waals surface area contributed by atoms with E-state index in [0.717, 1.165) is 54.7 Å². The van der Waals surface area contributed by atoms with Crippen molar-refractivity contribution >= 4 is 23.2 Å². The summed E-state index contributed by atoms with van der Waals surface area (Å²) < 4.78 is 20.5. The van der Waals surface area contributed by atoms with Crippen molar-refractivity contribution in [3.05, 3.63) is 63.6 Å². The van der Waals surface area contributed by atoms with Gasteiger partial charge in [-0.3, -0.25) is 4.79 Å². The SMILES string of the molecule is CC(Nc1nc(Cl)nc2c1C/C(=C\C(=O)C1CCCCOCC1)C2)c1cccc(C2(F)CNC2)c1. The molecule has 5 rings (SSSR count). The maximum absolute atomic E-state index is 14.9. The van der Waals surface area contributed by atoms with Crippen LogP contribution in [0.15, 0.2) is 35.9 Å². The lowest BCUT2D eigenvalue weighted by Gasteiger charge is -2.35. The van der Waals surface area contributed by atoms with Gasteiger partial charge < -0.3 is 15.4 Å². The van der Waals surface area contributed by atoms with E-state index in [2.05, 4.69) is 20.6 Å². The molecule has 0 spiro atoms. The monoisotopic (exact) mass is 498 g/mol. The van der Waals surface area contributed by atoms with E-state index in [4.69, 9.17) is 16.3 Å². The summed E-state index contributed by atoms with van der Waals surface area (Å²) in [6.07, 6.45) is 6.77. The van der Waals surface area contributed by atoms with E-state index in [9.17, 15) is 9.18 Å². The normalized spacial score (nSPS) is 23.6. The summed E-state index contributed by atoms with van der Waals surface area (Å²) in [7, 11) is 0. The fraction of sp³-hybridized carbons (Fsp3) is 0.519. The number of benzene rings is 1. The van der Waals surface area contributed by atoms with Gasteiger partial charge in [0.05, 0.1) is 5.69 Å². The van der Waals surface area contributed by atoms with Crippen molar-refractivity contribution in [2.75, 3.05) is 31.6 Å². The van der Waals surface area contributed by atoms with Crippen molar-refractivity contribution in [1.82, 2.24) is 15.3 Å². The van der Waals surface area contributed by atoms with Gasteiger partial charge in [-0.15, -0.1) is 0 Å². The van der Waals surface area contributed by atoms with Crippen molar-refractivity contribution in [1.29, 1.82) is 0 Å². The van der Waals surface area contributed by atoms with Gasteiger partial charge in [-0.1, -0.05) is 36.3 Å². The highest BCUT2D eigenvalue weighted by atomic mass is 35.5. The predicted octanol–water partition coefficient (Wildman–Crippen LogP) is 4.87. The minimum atomic E-state index is -1.30. The molecule has 2 saturated heterocycles.